The number of nitrogens with one attached hydrogen (secondary N) is 1. The maximum atomic E-state index is 5.27. The van der Waals surface area contributed by atoms with Gasteiger partial charge in [0.1, 0.15) is 0 Å². The molecule has 114 valence electrons. The van der Waals surface area contributed by atoms with Crippen molar-refractivity contribution in [1.82, 2.24) is 20.4 Å². The molecule has 0 amide bonds. The van der Waals surface area contributed by atoms with Crippen molar-refractivity contribution in [2.45, 2.75) is 59.0 Å². The molecule has 0 aromatic carbocycles. The molecule has 0 spiro atoms. The SMILES string of the molecule is CC(C)NCC1CCCN(Cc2noc(C(C)C)n2)C1. The predicted octanol–water partition coefficient (Wildman–Crippen LogP) is 2.40. The molecule has 1 saturated heterocycles. The molecule has 1 aliphatic heterocycles. The number of rotatable bonds is 6. The largest absolute Gasteiger partial charge is 0.339 e. The van der Waals surface area contributed by atoms with E-state index in [0.717, 1.165) is 43.8 Å². The number of aromatic nitrogens is 2. The summed E-state index contributed by atoms with van der Waals surface area (Å²) in [5.41, 5.74) is 0. The zero-order valence-corrected chi connectivity index (χ0v) is 13.2. The van der Waals surface area contributed by atoms with Gasteiger partial charge in [-0.1, -0.05) is 32.9 Å². The van der Waals surface area contributed by atoms with E-state index in [1.807, 2.05) is 0 Å². The van der Waals surface area contributed by atoms with Gasteiger partial charge in [-0.2, -0.15) is 4.98 Å². The Balaban J connectivity index is 1.82. The summed E-state index contributed by atoms with van der Waals surface area (Å²) >= 11 is 0. The van der Waals surface area contributed by atoms with E-state index in [9.17, 15) is 0 Å². The first-order valence-electron chi connectivity index (χ1n) is 7.82. The van der Waals surface area contributed by atoms with E-state index >= 15 is 0 Å². The number of likely N-dealkylation sites (tertiary alicyclic amines) is 1. The molecule has 2 heterocycles. The van der Waals surface area contributed by atoms with Gasteiger partial charge in [-0.15, -0.1) is 0 Å². The molecule has 1 N–H and O–H groups in total. The van der Waals surface area contributed by atoms with E-state index in [2.05, 4.69) is 48.1 Å². The van der Waals surface area contributed by atoms with Crippen molar-refractivity contribution in [3.63, 3.8) is 0 Å². The van der Waals surface area contributed by atoms with Gasteiger partial charge in [-0.05, 0) is 31.8 Å². The van der Waals surface area contributed by atoms with Gasteiger partial charge >= 0.3 is 0 Å². The van der Waals surface area contributed by atoms with Crippen molar-refractivity contribution >= 4 is 0 Å². The molecule has 1 atom stereocenters. The van der Waals surface area contributed by atoms with Gasteiger partial charge in [-0.3, -0.25) is 4.90 Å². The highest BCUT2D eigenvalue weighted by Gasteiger charge is 2.21. The molecular weight excluding hydrogens is 252 g/mol. The third-order valence-electron chi connectivity index (χ3n) is 3.76. The highest BCUT2D eigenvalue weighted by Crippen LogP contribution is 2.18. The molecule has 5 heteroatoms. The van der Waals surface area contributed by atoms with Crippen LogP contribution in [0.4, 0.5) is 0 Å². The molecule has 2 rings (SSSR count). The van der Waals surface area contributed by atoms with Gasteiger partial charge in [-0.25, -0.2) is 0 Å². The molecule has 5 nitrogen and oxygen atoms in total. The van der Waals surface area contributed by atoms with Gasteiger partial charge in [0.2, 0.25) is 5.89 Å². The Morgan fingerprint density at radius 1 is 1.35 bits per heavy atom. The van der Waals surface area contributed by atoms with Crippen LogP contribution in [0.3, 0.4) is 0 Å². The Morgan fingerprint density at radius 3 is 2.80 bits per heavy atom. The molecular formula is C15H28N4O. The third kappa shape index (κ3) is 4.56. The normalized spacial score (nSPS) is 21.0. The minimum Gasteiger partial charge on any atom is -0.339 e. The predicted molar refractivity (Wildman–Crippen MR) is 79.5 cm³/mol. The Bertz CT molecular complexity index is 402. The second-order valence-corrected chi connectivity index (χ2v) is 6.51. The average molecular weight is 280 g/mol. The van der Waals surface area contributed by atoms with Crippen LogP contribution >= 0.6 is 0 Å². The summed E-state index contributed by atoms with van der Waals surface area (Å²) in [6, 6.07) is 0.566. The van der Waals surface area contributed by atoms with Crippen LogP contribution in [0, 0.1) is 5.92 Å². The monoisotopic (exact) mass is 280 g/mol. The smallest absolute Gasteiger partial charge is 0.229 e. The second kappa shape index (κ2) is 7.18. The van der Waals surface area contributed by atoms with Crippen molar-refractivity contribution in [1.29, 1.82) is 0 Å². The fraction of sp³-hybridized carbons (Fsp3) is 0.867. The number of piperidine rings is 1. The number of nitrogens with zero attached hydrogens (tertiary/aromatic N) is 3. The van der Waals surface area contributed by atoms with Crippen molar-refractivity contribution in [3.8, 4) is 0 Å². The van der Waals surface area contributed by atoms with Crippen LogP contribution in [0.15, 0.2) is 4.52 Å². The van der Waals surface area contributed by atoms with Gasteiger partial charge in [0.15, 0.2) is 5.82 Å². The van der Waals surface area contributed by atoms with Crippen LogP contribution < -0.4 is 5.32 Å². The van der Waals surface area contributed by atoms with E-state index in [0.29, 0.717) is 12.0 Å². The molecule has 1 aromatic rings. The Hall–Kier alpha value is -0.940. The van der Waals surface area contributed by atoms with Crippen LogP contribution in [0.5, 0.6) is 0 Å². The zero-order chi connectivity index (χ0) is 14.5. The van der Waals surface area contributed by atoms with Crippen LogP contribution in [-0.4, -0.2) is 40.7 Å². The topological polar surface area (TPSA) is 54.2 Å². The molecule has 0 bridgehead atoms. The minimum absolute atomic E-state index is 0.306. The molecule has 1 unspecified atom stereocenters. The van der Waals surface area contributed by atoms with E-state index in [1.165, 1.54) is 12.8 Å². The lowest BCUT2D eigenvalue weighted by atomic mass is 9.98. The first-order valence-corrected chi connectivity index (χ1v) is 7.82. The maximum absolute atomic E-state index is 5.27. The highest BCUT2D eigenvalue weighted by atomic mass is 16.5. The Kier molecular flexibility index (Phi) is 5.54. The van der Waals surface area contributed by atoms with Crippen LogP contribution in [-0.2, 0) is 6.54 Å². The molecule has 20 heavy (non-hydrogen) atoms. The molecule has 0 radical (unpaired) electrons. The molecule has 1 fully saturated rings. The standard InChI is InChI=1S/C15H28N4O/c1-11(2)15-17-14(18-20-15)10-19-7-5-6-13(9-19)8-16-12(3)4/h11-13,16H,5-10H2,1-4H3. The van der Waals surface area contributed by atoms with Gasteiger partial charge < -0.3 is 9.84 Å². The summed E-state index contributed by atoms with van der Waals surface area (Å²) in [5, 5.41) is 7.63. The summed E-state index contributed by atoms with van der Waals surface area (Å²) < 4.78 is 5.27. The zero-order valence-electron chi connectivity index (χ0n) is 13.2. The summed E-state index contributed by atoms with van der Waals surface area (Å²) in [4.78, 5) is 6.92. The third-order valence-corrected chi connectivity index (χ3v) is 3.76. The number of hydrogen-bond donors (Lipinski definition) is 1. The van der Waals surface area contributed by atoms with Crippen molar-refractivity contribution < 1.29 is 4.52 Å². The summed E-state index contributed by atoms with van der Waals surface area (Å²) in [5.74, 6) is 2.62. The molecule has 0 saturated carbocycles. The molecule has 0 aliphatic carbocycles. The lowest BCUT2D eigenvalue weighted by Crippen LogP contribution is -2.40. The summed E-state index contributed by atoms with van der Waals surface area (Å²) in [7, 11) is 0. The average Bonchev–Trinajstić information content (AvgIpc) is 2.85. The van der Waals surface area contributed by atoms with Gasteiger partial charge in [0, 0.05) is 18.5 Å². The fourth-order valence-electron chi connectivity index (χ4n) is 2.63. The Labute approximate surface area is 122 Å². The van der Waals surface area contributed by atoms with Gasteiger partial charge in [0.25, 0.3) is 0 Å². The maximum Gasteiger partial charge on any atom is 0.229 e. The van der Waals surface area contributed by atoms with Crippen molar-refractivity contribution in [3.05, 3.63) is 11.7 Å². The summed E-state index contributed by atoms with van der Waals surface area (Å²) in [6.45, 7) is 12.7. The highest BCUT2D eigenvalue weighted by molar-refractivity contribution is 4.91. The molecule has 1 aliphatic rings. The number of hydrogen-bond acceptors (Lipinski definition) is 5. The van der Waals surface area contributed by atoms with Crippen molar-refractivity contribution in [2.24, 2.45) is 5.92 Å². The van der Waals surface area contributed by atoms with E-state index in [4.69, 9.17) is 4.52 Å². The first kappa shape index (κ1) is 15.4. The Morgan fingerprint density at radius 2 is 2.15 bits per heavy atom. The second-order valence-electron chi connectivity index (χ2n) is 6.51. The fourth-order valence-corrected chi connectivity index (χ4v) is 2.63. The lowest BCUT2D eigenvalue weighted by Gasteiger charge is -2.32. The quantitative estimate of drug-likeness (QED) is 0.867. The minimum atomic E-state index is 0.306. The van der Waals surface area contributed by atoms with E-state index in [-0.39, 0.29) is 0 Å². The van der Waals surface area contributed by atoms with Crippen LogP contribution in [0.2, 0.25) is 0 Å². The first-order chi connectivity index (χ1) is 9.54. The summed E-state index contributed by atoms with van der Waals surface area (Å²) in [6.07, 6.45) is 2.58. The van der Waals surface area contributed by atoms with E-state index in [1.54, 1.807) is 0 Å². The van der Waals surface area contributed by atoms with Gasteiger partial charge in [0.05, 0.1) is 6.54 Å². The lowest BCUT2D eigenvalue weighted by molar-refractivity contribution is 0.159. The molecule has 1 aromatic heterocycles. The van der Waals surface area contributed by atoms with Crippen LogP contribution in [0.25, 0.3) is 0 Å². The van der Waals surface area contributed by atoms with Crippen molar-refractivity contribution in [2.75, 3.05) is 19.6 Å². The van der Waals surface area contributed by atoms with E-state index < -0.39 is 0 Å². The van der Waals surface area contributed by atoms with Crippen LogP contribution in [0.1, 0.15) is 58.2 Å².